The molecule has 0 N–H and O–H groups in total. The number of hydrogen-bond acceptors (Lipinski definition) is 5. The van der Waals surface area contributed by atoms with Gasteiger partial charge in [-0.3, -0.25) is 9.48 Å². The zero-order chi connectivity index (χ0) is 13.0. The number of nitrogens with zero attached hydrogens (tertiary/aromatic N) is 3. The molecule has 1 aliphatic heterocycles. The molecule has 0 unspecified atom stereocenters. The molecule has 6 nitrogen and oxygen atoms in total. The van der Waals surface area contributed by atoms with Gasteiger partial charge in [0.15, 0.2) is 5.78 Å². The second-order valence-electron chi connectivity index (χ2n) is 4.52. The summed E-state index contributed by atoms with van der Waals surface area (Å²) in [6.07, 6.45) is 3.28. The van der Waals surface area contributed by atoms with Crippen LogP contribution in [0.3, 0.4) is 0 Å². The molecular weight excluding hydrogens is 234 g/mol. The lowest BCUT2D eigenvalue weighted by atomic mass is 9.87. The summed E-state index contributed by atoms with van der Waals surface area (Å²) < 4.78 is 12.6. The highest BCUT2D eigenvalue weighted by Gasteiger charge is 2.40. The van der Waals surface area contributed by atoms with Crippen molar-refractivity contribution in [2.75, 3.05) is 19.8 Å². The fraction of sp³-hybridized carbons (Fsp3) is 0.750. The van der Waals surface area contributed by atoms with Gasteiger partial charge < -0.3 is 9.47 Å². The SMILES string of the molecule is CCOC1(C(=O)Cc2cn(C)nn2)CCOCC1. The fourth-order valence-corrected chi connectivity index (χ4v) is 2.28. The lowest BCUT2D eigenvalue weighted by Crippen LogP contribution is -2.47. The van der Waals surface area contributed by atoms with Crippen molar-refractivity contribution in [2.24, 2.45) is 7.05 Å². The van der Waals surface area contributed by atoms with Gasteiger partial charge in [0.25, 0.3) is 0 Å². The van der Waals surface area contributed by atoms with E-state index in [1.165, 1.54) is 0 Å². The van der Waals surface area contributed by atoms with Gasteiger partial charge in [0.05, 0.1) is 12.1 Å². The molecule has 1 saturated heterocycles. The van der Waals surface area contributed by atoms with E-state index in [2.05, 4.69) is 10.3 Å². The van der Waals surface area contributed by atoms with Crippen LogP contribution < -0.4 is 0 Å². The standard InChI is InChI=1S/C12H19N3O3/c1-3-18-12(4-6-17-7-5-12)11(16)8-10-9-15(2)14-13-10/h9H,3-8H2,1-2H3. The first-order chi connectivity index (χ1) is 8.66. The van der Waals surface area contributed by atoms with Crippen molar-refractivity contribution in [3.63, 3.8) is 0 Å². The number of Topliss-reactive ketones (excluding diaryl/α,β-unsaturated/α-hetero) is 1. The average Bonchev–Trinajstić information content (AvgIpc) is 2.76. The van der Waals surface area contributed by atoms with Gasteiger partial charge >= 0.3 is 0 Å². The molecule has 1 aromatic heterocycles. The molecule has 0 saturated carbocycles. The van der Waals surface area contributed by atoms with E-state index in [0.717, 1.165) is 0 Å². The molecule has 1 aromatic rings. The lowest BCUT2D eigenvalue weighted by Gasteiger charge is -2.35. The summed E-state index contributed by atoms with van der Waals surface area (Å²) in [7, 11) is 1.79. The minimum atomic E-state index is -0.690. The molecule has 1 aliphatic rings. The summed E-state index contributed by atoms with van der Waals surface area (Å²) in [6.45, 7) is 3.59. The Morgan fingerprint density at radius 1 is 1.56 bits per heavy atom. The Kier molecular flexibility index (Phi) is 4.08. The van der Waals surface area contributed by atoms with E-state index in [4.69, 9.17) is 9.47 Å². The van der Waals surface area contributed by atoms with Crippen LogP contribution in [0.2, 0.25) is 0 Å². The Morgan fingerprint density at radius 3 is 2.83 bits per heavy atom. The quantitative estimate of drug-likeness (QED) is 0.765. The molecule has 0 aromatic carbocycles. The second-order valence-corrected chi connectivity index (χ2v) is 4.52. The number of carbonyl (C=O) groups excluding carboxylic acids is 1. The number of ether oxygens (including phenoxy) is 2. The molecular formula is C12H19N3O3. The van der Waals surface area contributed by atoms with Crippen molar-refractivity contribution in [1.82, 2.24) is 15.0 Å². The van der Waals surface area contributed by atoms with Crippen molar-refractivity contribution in [3.8, 4) is 0 Å². The van der Waals surface area contributed by atoms with Crippen molar-refractivity contribution in [3.05, 3.63) is 11.9 Å². The molecule has 0 aliphatic carbocycles. The van der Waals surface area contributed by atoms with Crippen molar-refractivity contribution in [2.45, 2.75) is 31.8 Å². The van der Waals surface area contributed by atoms with Crippen LogP contribution in [-0.4, -0.2) is 46.2 Å². The molecule has 0 amide bonds. The molecule has 2 rings (SSSR count). The molecule has 6 heteroatoms. The van der Waals surface area contributed by atoms with Gasteiger partial charge in [-0.05, 0) is 6.92 Å². The van der Waals surface area contributed by atoms with E-state index in [-0.39, 0.29) is 12.2 Å². The van der Waals surface area contributed by atoms with Gasteiger partial charge in [-0.25, -0.2) is 0 Å². The first kappa shape index (κ1) is 13.2. The molecule has 18 heavy (non-hydrogen) atoms. The number of aryl methyl sites for hydroxylation is 1. The van der Waals surface area contributed by atoms with Gasteiger partial charge in [0, 0.05) is 45.9 Å². The zero-order valence-electron chi connectivity index (χ0n) is 10.9. The Hall–Kier alpha value is -1.27. The third-order valence-corrected chi connectivity index (χ3v) is 3.22. The van der Waals surface area contributed by atoms with Crippen LogP contribution in [0.25, 0.3) is 0 Å². The van der Waals surface area contributed by atoms with Gasteiger partial charge in [-0.2, -0.15) is 0 Å². The van der Waals surface area contributed by atoms with Crippen LogP contribution in [0, 0.1) is 0 Å². The normalized spacial score (nSPS) is 18.8. The van der Waals surface area contributed by atoms with E-state index in [9.17, 15) is 4.79 Å². The predicted molar refractivity (Wildman–Crippen MR) is 64.1 cm³/mol. The van der Waals surface area contributed by atoms with Crippen LogP contribution in [-0.2, 0) is 27.7 Å². The number of carbonyl (C=O) groups is 1. The van der Waals surface area contributed by atoms with Gasteiger partial charge in [0.2, 0.25) is 0 Å². The zero-order valence-corrected chi connectivity index (χ0v) is 10.9. The summed E-state index contributed by atoms with van der Waals surface area (Å²) in [6, 6.07) is 0. The van der Waals surface area contributed by atoms with E-state index in [0.29, 0.717) is 38.4 Å². The van der Waals surface area contributed by atoms with Crippen LogP contribution in [0.15, 0.2) is 6.20 Å². The van der Waals surface area contributed by atoms with E-state index in [1.807, 2.05) is 6.92 Å². The minimum absolute atomic E-state index is 0.0770. The van der Waals surface area contributed by atoms with Crippen LogP contribution in [0.4, 0.5) is 0 Å². The van der Waals surface area contributed by atoms with E-state index < -0.39 is 5.60 Å². The van der Waals surface area contributed by atoms with E-state index >= 15 is 0 Å². The van der Waals surface area contributed by atoms with Crippen LogP contribution >= 0.6 is 0 Å². The maximum absolute atomic E-state index is 12.4. The average molecular weight is 253 g/mol. The molecule has 0 bridgehead atoms. The van der Waals surface area contributed by atoms with Crippen molar-refractivity contribution in [1.29, 1.82) is 0 Å². The maximum Gasteiger partial charge on any atom is 0.170 e. The first-order valence-corrected chi connectivity index (χ1v) is 6.26. The number of hydrogen-bond donors (Lipinski definition) is 0. The largest absolute Gasteiger partial charge is 0.381 e. The minimum Gasteiger partial charge on any atom is -0.381 e. The van der Waals surface area contributed by atoms with Gasteiger partial charge in [0.1, 0.15) is 5.60 Å². The predicted octanol–water partition coefficient (Wildman–Crippen LogP) is 0.512. The van der Waals surface area contributed by atoms with Crippen LogP contribution in [0.5, 0.6) is 0 Å². The smallest absolute Gasteiger partial charge is 0.170 e. The summed E-state index contributed by atoms with van der Waals surface area (Å²) in [5.74, 6) is 0.0770. The summed E-state index contributed by atoms with van der Waals surface area (Å²) in [5.41, 5.74) is -0.00193. The molecule has 0 spiro atoms. The third-order valence-electron chi connectivity index (χ3n) is 3.22. The summed E-state index contributed by atoms with van der Waals surface area (Å²) in [5, 5.41) is 7.78. The van der Waals surface area contributed by atoms with Gasteiger partial charge in [-0.15, -0.1) is 5.10 Å². The number of rotatable bonds is 5. The molecule has 100 valence electrons. The van der Waals surface area contributed by atoms with Crippen molar-refractivity contribution >= 4 is 5.78 Å². The summed E-state index contributed by atoms with van der Waals surface area (Å²) >= 11 is 0. The first-order valence-electron chi connectivity index (χ1n) is 6.26. The van der Waals surface area contributed by atoms with Crippen molar-refractivity contribution < 1.29 is 14.3 Å². The second kappa shape index (κ2) is 5.58. The highest BCUT2D eigenvalue weighted by atomic mass is 16.5. The molecule has 0 radical (unpaired) electrons. The lowest BCUT2D eigenvalue weighted by molar-refractivity contribution is -0.156. The Labute approximate surface area is 106 Å². The highest BCUT2D eigenvalue weighted by Crippen LogP contribution is 2.27. The molecule has 2 heterocycles. The third kappa shape index (κ3) is 2.76. The monoisotopic (exact) mass is 253 g/mol. The highest BCUT2D eigenvalue weighted by molar-refractivity contribution is 5.89. The summed E-state index contributed by atoms with van der Waals surface area (Å²) in [4.78, 5) is 12.4. The van der Waals surface area contributed by atoms with Gasteiger partial charge in [-0.1, -0.05) is 5.21 Å². The number of ketones is 1. The Bertz CT molecular complexity index is 405. The Balaban J connectivity index is 2.08. The maximum atomic E-state index is 12.4. The van der Waals surface area contributed by atoms with E-state index in [1.54, 1.807) is 17.9 Å². The van der Waals surface area contributed by atoms with Crippen LogP contribution in [0.1, 0.15) is 25.5 Å². The number of aromatic nitrogens is 3. The Morgan fingerprint density at radius 2 is 2.28 bits per heavy atom. The molecule has 0 atom stereocenters. The molecule has 1 fully saturated rings. The topological polar surface area (TPSA) is 66.2 Å². The fourth-order valence-electron chi connectivity index (χ4n) is 2.28.